The molecule has 0 nitrogen and oxygen atoms in total. The van der Waals surface area contributed by atoms with Gasteiger partial charge in [0.25, 0.3) is 0 Å². The van der Waals surface area contributed by atoms with E-state index in [-0.39, 0.29) is 5.41 Å². The summed E-state index contributed by atoms with van der Waals surface area (Å²) in [7, 11) is 0. The van der Waals surface area contributed by atoms with Gasteiger partial charge in [-0.05, 0) is 74.4 Å². The maximum absolute atomic E-state index is 2.48. The average Bonchev–Trinajstić information content (AvgIpc) is 3.05. The van der Waals surface area contributed by atoms with Gasteiger partial charge in [0.05, 0.1) is 0 Å². The van der Waals surface area contributed by atoms with E-state index in [0.717, 1.165) is 6.42 Å². The van der Waals surface area contributed by atoms with E-state index >= 15 is 0 Å². The quantitative estimate of drug-likeness (QED) is 0.558. The van der Waals surface area contributed by atoms with Crippen LogP contribution in [-0.4, -0.2) is 0 Å². The Morgan fingerprint density at radius 3 is 2.20 bits per heavy atom. The van der Waals surface area contributed by atoms with Gasteiger partial charge in [-0.1, -0.05) is 71.3 Å². The Bertz CT molecular complexity index is 951. The fourth-order valence-electron chi connectivity index (χ4n) is 4.79. The lowest BCUT2D eigenvalue weighted by atomic mass is 9.73. The van der Waals surface area contributed by atoms with E-state index in [1.54, 1.807) is 0 Å². The summed E-state index contributed by atoms with van der Waals surface area (Å²) in [5.41, 5.74) is 13.0. The second-order valence-electron chi connectivity index (χ2n) is 7.82. The molecular weight excluding hydrogens is 300 g/mol. The summed E-state index contributed by atoms with van der Waals surface area (Å²) in [5, 5.41) is 0. The molecule has 0 heteroatoms. The Balaban J connectivity index is 1.98. The van der Waals surface area contributed by atoms with Crippen molar-refractivity contribution in [2.24, 2.45) is 5.41 Å². The van der Waals surface area contributed by atoms with Gasteiger partial charge in [-0.15, -0.1) is 0 Å². The number of hydrogen-bond donors (Lipinski definition) is 0. The fraction of sp³-hybridized carbons (Fsp3) is 0.280. The summed E-state index contributed by atoms with van der Waals surface area (Å²) in [6.07, 6.45) is 3.55. The first-order valence-electron chi connectivity index (χ1n) is 9.19. The van der Waals surface area contributed by atoms with Crippen LogP contribution in [0.15, 0.2) is 76.9 Å². The molecular formula is C25H26. The van der Waals surface area contributed by atoms with Gasteiger partial charge in [-0.2, -0.15) is 0 Å². The number of hydrogen-bond acceptors (Lipinski definition) is 0. The van der Waals surface area contributed by atoms with E-state index in [9.17, 15) is 0 Å². The predicted molar refractivity (Wildman–Crippen MR) is 108 cm³/mol. The second kappa shape index (κ2) is 5.59. The van der Waals surface area contributed by atoms with Gasteiger partial charge in [0.15, 0.2) is 0 Å². The van der Waals surface area contributed by atoms with Crippen LogP contribution in [0.5, 0.6) is 0 Å². The van der Waals surface area contributed by atoms with Crippen LogP contribution in [0.4, 0.5) is 0 Å². The number of benzene rings is 2. The molecule has 0 aliphatic heterocycles. The lowest BCUT2D eigenvalue weighted by Gasteiger charge is -2.30. The third kappa shape index (κ3) is 2.28. The van der Waals surface area contributed by atoms with Crippen molar-refractivity contribution in [2.75, 3.05) is 0 Å². The molecule has 1 atom stereocenters. The summed E-state index contributed by atoms with van der Waals surface area (Å²) in [6.45, 7) is 11.5. The van der Waals surface area contributed by atoms with Crippen LogP contribution in [0.25, 0.3) is 16.7 Å². The zero-order valence-electron chi connectivity index (χ0n) is 15.9. The van der Waals surface area contributed by atoms with E-state index in [4.69, 9.17) is 0 Å². The van der Waals surface area contributed by atoms with Gasteiger partial charge in [0.2, 0.25) is 0 Å². The topological polar surface area (TPSA) is 0 Å². The monoisotopic (exact) mass is 326 g/mol. The minimum absolute atomic E-state index is 0.00832. The molecule has 0 saturated heterocycles. The van der Waals surface area contributed by atoms with Crippen LogP contribution in [0.1, 0.15) is 45.7 Å². The largest absolute Gasteiger partial charge is 0.0670 e. The molecule has 0 N–H and O–H groups in total. The molecule has 0 fully saturated rings. The molecule has 4 rings (SSSR count). The molecule has 2 aromatic carbocycles. The van der Waals surface area contributed by atoms with Crippen molar-refractivity contribution >= 4 is 5.57 Å². The van der Waals surface area contributed by atoms with E-state index in [0.29, 0.717) is 0 Å². The minimum atomic E-state index is 0.00832. The Kier molecular flexibility index (Phi) is 3.61. The highest BCUT2D eigenvalue weighted by molar-refractivity contribution is 5.92. The molecule has 126 valence electrons. The first kappa shape index (κ1) is 16.1. The molecule has 2 aromatic rings. The Labute approximate surface area is 151 Å². The molecule has 25 heavy (non-hydrogen) atoms. The highest BCUT2D eigenvalue weighted by Gasteiger charge is 2.40. The van der Waals surface area contributed by atoms with Gasteiger partial charge < -0.3 is 0 Å². The predicted octanol–water partition coefficient (Wildman–Crippen LogP) is 6.99. The fourth-order valence-corrected chi connectivity index (χ4v) is 4.79. The van der Waals surface area contributed by atoms with Crippen molar-refractivity contribution in [1.82, 2.24) is 0 Å². The molecule has 1 unspecified atom stereocenters. The third-order valence-corrected chi connectivity index (χ3v) is 6.33. The Hall–Kier alpha value is -2.34. The van der Waals surface area contributed by atoms with Crippen molar-refractivity contribution in [3.05, 3.63) is 88.0 Å². The van der Waals surface area contributed by atoms with Crippen molar-refractivity contribution in [3.63, 3.8) is 0 Å². The van der Waals surface area contributed by atoms with Gasteiger partial charge >= 0.3 is 0 Å². The molecule has 2 aliphatic carbocycles. The van der Waals surface area contributed by atoms with Gasteiger partial charge in [0.1, 0.15) is 0 Å². The molecule has 0 radical (unpaired) electrons. The van der Waals surface area contributed by atoms with Crippen molar-refractivity contribution in [2.45, 2.75) is 41.0 Å². The van der Waals surface area contributed by atoms with Gasteiger partial charge in [0, 0.05) is 5.41 Å². The minimum Gasteiger partial charge on any atom is -0.0670 e. The molecule has 0 saturated carbocycles. The number of fused-ring (bicyclic) bond motifs is 1. The molecule has 0 heterocycles. The van der Waals surface area contributed by atoms with Gasteiger partial charge in [-0.3, -0.25) is 0 Å². The number of rotatable bonds is 2. The van der Waals surface area contributed by atoms with Crippen LogP contribution in [-0.2, 0) is 6.42 Å². The van der Waals surface area contributed by atoms with Crippen LogP contribution < -0.4 is 0 Å². The summed E-state index contributed by atoms with van der Waals surface area (Å²) < 4.78 is 0. The Morgan fingerprint density at radius 1 is 0.840 bits per heavy atom. The summed E-state index contributed by atoms with van der Waals surface area (Å²) >= 11 is 0. The third-order valence-electron chi connectivity index (χ3n) is 6.33. The van der Waals surface area contributed by atoms with E-state index in [1.807, 2.05) is 0 Å². The lowest BCUT2D eigenvalue weighted by Crippen LogP contribution is -2.16. The summed E-state index contributed by atoms with van der Waals surface area (Å²) in [4.78, 5) is 0. The molecule has 0 aromatic heterocycles. The normalized spacial score (nSPS) is 22.5. The average molecular weight is 326 g/mol. The molecule has 0 bridgehead atoms. The maximum Gasteiger partial charge on any atom is 0.0327 e. The zero-order valence-corrected chi connectivity index (χ0v) is 15.9. The zero-order chi connectivity index (χ0) is 17.8. The van der Waals surface area contributed by atoms with Crippen LogP contribution in [0.3, 0.4) is 0 Å². The molecule has 0 spiro atoms. The summed E-state index contributed by atoms with van der Waals surface area (Å²) in [6, 6.07) is 17.6. The lowest BCUT2D eigenvalue weighted by molar-refractivity contribution is 0.692. The first-order valence-corrected chi connectivity index (χ1v) is 9.19. The maximum atomic E-state index is 2.48. The SMILES string of the molecule is CC1=CC(C)(C2=C(C)Cc3cccc(-c4ccccc4)c32)C(C)=C1C. The Morgan fingerprint density at radius 2 is 1.56 bits per heavy atom. The van der Waals surface area contributed by atoms with E-state index in [1.165, 1.54) is 50.1 Å². The number of allylic oxidation sites excluding steroid dienone is 6. The van der Waals surface area contributed by atoms with Gasteiger partial charge in [-0.25, -0.2) is 0 Å². The second-order valence-corrected chi connectivity index (χ2v) is 7.82. The highest BCUT2D eigenvalue weighted by atomic mass is 14.4. The van der Waals surface area contributed by atoms with Crippen molar-refractivity contribution in [1.29, 1.82) is 0 Å². The van der Waals surface area contributed by atoms with Crippen molar-refractivity contribution in [3.8, 4) is 11.1 Å². The smallest absolute Gasteiger partial charge is 0.0327 e. The molecule has 2 aliphatic rings. The van der Waals surface area contributed by atoms with Crippen molar-refractivity contribution < 1.29 is 0 Å². The van der Waals surface area contributed by atoms with Crippen LogP contribution in [0, 0.1) is 5.41 Å². The van der Waals surface area contributed by atoms with Crippen LogP contribution >= 0.6 is 0 Å². The first-order chi connectivity index (χ1) is 11.9. The summed E-state index contributed by atoms with van der Waals surface area (Å²) in [5.74, 6) is 0. The van der Waals surface area contributed by atoms with E-state index in [2.05, 4.69) is 89.2 Å². The van der Waals surface area contributed by atoms with E-state index < -0.39 is 0 Å². The van der Waals surface area contributed by atoms with Crippen LogP contribution in [0.2, 0.25) is 0 Å². The highest BCUT2D eigenvalue weighted by Crippen LogP contribution is 2.55. The molecule has 0 amide bonds. The standard InChI is InChI=1S/C25H26/c1-16-14-21-12-9-13-22(20-10-7-6-8-11-20)23(21)24(16)25(5)15-17(2)18(3)19(25)4/h6-13,15H,14H2,1-5H3.